The minimum Gasteiger partial charge on any atom is -0.390 e. The lowest BCUT2D eigenvalue weighted by Crippen LogP contribution is -2.45. The van der Waals surface area contributed by atoms with Gasteiger partial charge in [0, 0.05) is 30.8 Å². The Hall–Kier alpha value is -1.50. The minimum atomic E-state index is -0.614. The monoisotopic (exact) mass is 347 g/mol. The highest BCUT2D eigenvalue weighted by Crippen LogP contribution is 2.36. The molecule has 0 amide bonds. The summed E-state index contributed by atoms with van der Waals surface area (Å²) in [6.45, 7) is 8.29. The Kier molecular flexibility index (Phi) is 7.81. The molecule has 1 unspecified atom stereocenters. The van der Waals surface area contributed by atoms with E-state index in [-0.39, 0.29) is 5.92 Å². The van der Waals surface area contributed by atoms with E-state index >= 15 is 0 Å². The second-order valence-corrected chi connectivity index (χ2v) is 7.14. The summed E-state index contributed by atoms with van der Waals surface area (Å²) in [6, 6.07) is 0.543. The van der Waals surface area contributed by atoms with Gasteiger partial charge in [0.2, 0.25) is 0 Å². The molecule has 0 spiro atoms. The van der Waals surface area contributed by atoms with Crippen molar-refractivity contribution in [2.75, 3.05) is 26.8 Å². The molecule has 0 aromatic heterocycles. The summed E-state index contributed by atoms with van der Waals surface area (Å²) >= 11 is 0. The molecule has 0 radical (unpaired) electrons. The summed E-state index contributed by atoms with van der Waals surface area (Å²) in [5.41, 5.74) is 0.267. The highest BCUT2D eigenvalue weighted by Gasteiger charge is 2.34. The lowest BCUT2D eigenvalue weighted by molar-refractivity contribution is 0.0389. The zero-order valence-corrected chi connectivity index (χ0v) is 15.6. The average Bonchev–Trinajstić information content (AvgIpc) is 2.95. The molecule has 2 atom stereocenters. The number of rotatable bonds is 7. The van der Waals surface area contributed by atoms with Gasteiger partial charge in [0.1, 0.15) is 5.84 Å². The molecule has 1 saturated carbocycles. The first-order valence-electron chi connectivity index (χ1n) is 9.28. The Morgan fingerprint density at radius 3 is 2.72 bits per heavy atom. The first-order valence-corrected chi connectivity index (χ1v) is 9.28. The number of aliphatic hydroxyl groups is 1. The second kappa shape index (κ2) is 9.85. The van der Waals surface area contributed by atoms with Gasteiger partial charge in [0.05, 0.1) is 12.3 Å². The van der Waals surface area contributed by atoms with Crippen LogP contribution < -0.4 is 16.0 Å². The van der Waals surface area contributed by atoms with Crippen molar-refractivity contribution in [2.24, 2.45) is 15.9 Å². The smallest absolute Gasteiger partial charge is 0.130 e. The summed E-state index contributed by atoms with van der Waals surface area (Å²) in [5.74, 6) is 0.953. The number of hydrogen-bond donors (Lipinski definition) is 4. The third-order valence-corrected chi connectivity index (χ3v) is 5.22. The Balaban J connectivity index is 1.92. The largest absolute Gasteiger partial charge is 0.390 e. The summed E-state index contributed by atoms with van der Waals surface area (Å²) in [7, 11) is 1.77. The van der Waals surface area contributed by atoms with Crippen LogP contribution in [-0.4, -0.2) is 56.1 Å². The fourth-order valence-electron chi connectivity index (χ4n) is 3.60. The molecular formula is C19H33N5O. The Morgan fingerprint density at radius 1 is 1.36 bits per heavy atom. The minimum absolute atomic E-state index is 0.173. The molecule has 2 aliphatic rings. The van der Waals surface area contributed by atoms with E-state index in [1.54, 1.807) is 13.2 Å². The zero-order chi connectivity index (χ0) is 18.1. The van der Waals surface area contributed by atoms with Crippen molar-refractivity contribution < 1.29 is 5.11 Å². The van der Waals surface area contributed by atoms with Crippen LogP contribution in [0.5, 0.6) is 0 Å². The number of aliphatic imine (C=N–C) groups is 2. The molecule has 2 fully saturated rings. The number of nitrogens with zero attached hydrogens (tertiary/aromatic N) is 2. The van der Waals surface area contributed by atoms with E-state index in [0.29, 0.717) is 12.7 Å². The molecule has 0 aromatic rings. The van der Waals surface area contributed by atoms with Gasteiger partial charge in [-0.3, -0.25) is 15.3 Å². The maximum atomic E-state index is 10.4. The van der Waals surface area contributed by atoms with Crippen LogP contribution in [0.3, 0.4) is 0 Å². The van der Waals surface area contributed by atoms with Crippen molar-refractivity contribution in [3.05, 3.63) is 23.9 Å². The van der Waals surface area contributed by atoms with Crippen LogP contribution in [0.15, 0.2) is 33.9 Å². The molecule has 6 nitrogen and oxygen atoms in total. The van der Waals surface area contributed by atoms with Crippen LogP contribution in [0.1, 0.15) is 39.0 Å². The molecule has 25 heavy (non-hydrogen) atoms. The summed E-state index contributed by atoms with van der Waals surface area (Å²) < 4.78 is 0. The number of amidine groups is 1. The summed E-state index contributed by atoms with van der Waals surface area (Å²) in [4.78, 5) is 8.26. The maximum absolute atomic E-state index is 10.4. The van der Waals surface area contributed by atoms with E-state index in [0.717, 1.165) is 56.6 Å². The van der Waals surface area contributed by atoms with Crippen molar-refractivity contribution in [3.63, 3.8) is 0 Å². The van der Waals surface area contributed by atoms with Crippen LogP contribution in [0, 0.1) is 5.92 Å². The van der Waals surface area contributed by atoms with Crippen molar-refractivity contribution >= 4 is 12.6 Å². The van der Waals surface area contributed by atoms with Gasteiger partial charge < -0.3 is 15.7 Å². The average molecular weight is 348 g/mol. The summed E-state index contributed by atoms with van der Waals surface area (Å²) in [6.07, 6.45) is 11.0. The van der Waals surface area contributed by atoms with Crippen LogP contribution in [0.4, 0.5) is 0 Å². The molecular weight excluding hydrogens is 314 g/mol. The second-order valence-electron chi connectivity index (χ2n) is 7.14. The molecule has 1 aliphatic carbocycles. The third kappa shape index (κ3) is 6.06. The SMILES string of the molecule is C=N/C=C(/C=C\C1CCC[C@@]1(C)O)C(=NC)NCNC1CCNCC1. The van der Waals surface area contributed by atoms with Crippen LogP contribution in [0.2, 0.25) is 0 Å². The Morgan fingerprint density at radius 2 is 2.12 bits per heavy atom. The van der Waals surface area contributed by atoms with Gasteiger partial charge in [-0.2, -0.15) is 0 Å². The molecule has 1 heterocycles. The Labute approximate surface area is 151 Å². The van der Waals surface area contributed by atoms with E-state index in [2.05, 4.69) is 38.7 Å². The predicted octanol–water partition coefficient (Wildman–Crippen LogP) is 1.60. The molecule has 6 heteroatoms. The zero-order valence-electron chi connectivity index (χ0n) is 15.6. The standard InChI is InChI=1S/C19H33N5O/c1-19(25)10-4-5-16(19)7-6-15(13-20-2)18(21-3)24-14-23-17-8-11-22-12-9-17/h6-7,13,16-17,22-23,25H,2,4-5,8-12,14H2,1,3H3,(H,21,24)/b7-6-,15-13-/t16?,19-/m1/s1. The fraction of sp³-hybridized carbons (Fsp3) is 0.684. The van der Waals surface area contributed by atoms with Crippen molar-refractivity contribution in [3.8, 4) is 0 Å². The van der Waals surface area contributed by atoms with Gasteiger partial charge in [-0.05, 0) is 58.8 Å². The molecule has 0 aromatic carbocycles. The molecule has 2 rings (SSSR count). The van der Waals surface area contributed by atoms with Crippen molar-refractivity contribution in [1.82, 2.24) is 16.0 Å². The van der Waals surface area contributed by atoms with E-state index in [1.807, 2.05) is 13.0 Å². The van der Waals surface area contributed by atoms with Crippen LogP contribution >= 0.6 is 0 Å². The van der Waals surface area contributed by atoms with Gasteiger partial charge in [-0.25, -0.2) is 0 Å². The van der Waals surface area contributed by atoms with Gasteiger partial charge >= 0.3 is 0 Å². The normalized spacial score (nSPS) is 29.3. The predicted molar refractivity (Wildman–Crippen MR) is 105 cm³/mol. The first-order chi connectivity index (χ1) is 12.1. The molecule has 4 N–H and O–H groups in total. The van der Waals surface area contributed by atoms with Crippen molar-refractivity contribution in [2.45, 2.75) is 50.7 Å². The highest BCUT2D eigenvalue weighted by molar-refractivity contribution is 6.00. The van der Waals surface area contributed by atoms with E-state index < -0.39 is 5.60 Å². The van der Waals surface area contributed by atoms with Crippen LogP contribution in [-0.2, 0) is 0 Å². The molecule has 0 bridgehead atoms. The number of piperidine rings is 1. The first kappa shape index (κ1) is 19.8. The van der Waals surface area contributed by atoms with E-state index in [1.165, 1.54) is 0 Å². The lowest BCUT2D eigenvalue weighted by Gasteiger charge is -2.24. The highest BCUT2D eigenvalue weighted by atomic mass is 16.3. The van der Waals surface area contributed by atoms with E-state index in [4.69, 9.17) is 0 Å². The number of nitrogens with one attached hydrogen (secondary N) is 3. The topological polar surface area (TPSA) is 81.0 Å². The van der Waals surface area contributed by atoms with Crippen molar-refractivity contribution in [1.29, 1.82) is 0 Å². The Bertz CT molecular complexity index is 518. The summed E-state index contributed by atoms with van der Waals surface area (Å²) in [5, 5.41) is 20.6. The quantitative estimate of drug-likeness (QED) is 0.244. The van der Waals surface area contributed by atoms with Crippen LogP contribution in [0.25, 0.3) is 0 Å². The fourth-order valence-corrected chi connectivity index (χ4v) is 3.60. The van der Waals surface area contributed by atoms with Gasteiger partial charge in [-0.15, -0.1) is 0 Å². The maximum Gasteiger partial charge on any atom is 0.130 e. The van der Waals surface area contributed by atoms with Gasteiger partial charge in [0.15, 0.2) is 0 Å². The van der Waals surface area contributed by atoms with Gasteiger partial charge in [0.25, 0.3) is 0 Å². The number of hydrogen-bond acceptors (Lipinski definition) is 5. The van der Waals surface area contributed by atoms with E-state index in [9.17, 15) is 5.11 Å². The van der Waals surface area contributed by atoms with Gasteiger partial charge in [-0.1, -0.05) is 12.2 Å². The molecule has 1 aliphatic heterocycles. The molecule has 140 valence electrons. The molecule has 1 saturated heterocycles. The lowest BCUT2D eigenvalue weighted by atomic mass is 9.92. The third-order valence-electron chi connectivity index (χ3n) is 5.22.